The number of aryl methyl sites for hydroxylation is 1. The number of nitrogens with zero attached hydrogens (tertiary/aromatic N) is 1. The van der Waals surface area contributed by atoms with Crippen LogP contribution in [0.3, 0.4) is 0 Å². The molecule has 114 valence electrons. The number of fused-ring (bicyclic) bond motifs is 1. The molecule has 1 fully saturated rings. The highest BCUT2D eigenvalue weighted by molar-refractivity contribution is 7.99. The molecule has 4 nitrogen and oxygen atoms in total. The number of ether oxygens (including phenoxy) is 1. The van der Waals surface area contributed by atoms with Crippen LogP contribution in [-0.4, -0.2) is 52.7 Å². The first-order valence-electron chi connectivity index (χ1n) is 7.41. The van der Waals surface area contributed by atoms with Gasteiger partial charge in [-0.1, -0.05) is 17.7 Å². The summed E-state index contributed by atoms with van der Waals surface area (Å²) in [5.41, 5.74) is 2.54. The minimum atomic E-state index is -0.709. The summed E-state index contributed by atoms with van der Waals surface area (Å²) in [4.78, 5) is 13.3. The fourth-order valence-corrected chi connectivity index (χ4v) is 4.26. The summed E-state index contributed by atoms with van der Waals surface area (Å²) < 4.78 is 6.02. The van der Waals surface area contributed by atoms with Gasteiger partial charge in [0.1, 0.15) is 11.9 Å². The second-order valence-electron chi connectivity index (χ2n) is 5.88. The summed E-state index contributed by atoms with van der Waals surface area (Å²) in [5, 5.41) is 9.05. The smallest absolute Gasteiger partial charge is 0.304 e. The van der Waals surface area contributed by atoms with Crippen molar-refractivity contribution in [2.24, 2.45) is 0 Å². The van der Waals surface area contributed by atoms with E-state index in [1.807, 2.05) is 17.8 Å². The van der Waals surface area contributed by atoms with Crippen LogP contribution in [0.4, 0.5) is 0 Å². The first-order chi connectivity index (χ1) is 10.1. The number of carboxylic acid groups (broad SMARTS) is 1. The van der Waals surface area contributed by atoms with Crippen molar-refractivity contribution in [2.75, 3.05) is 24.6 Å². The van der Waals surface area contributed by atoms with Gasteiger partial charge in [0.15, 0.2) is 0 Å². The predicted octanol–water partition coefficient (Wildman–Crippen LogP) is 2.19. The van der Waals surface area contributed by atoms with Crippen LogP contribution in [0.15, 0.2) is 18.2 Å². The Hall–Kier alpha value is -1.20. The molecule has 2 atom stereocenters. The number of carbonyl (C=O) groups is 1. The zero-order valence-electron chi connectivity index (χ0n) is 12.2. The Balaban J connectivity index is 1.62. The van der Waals surface area contributed by atoms with Gasteiger partial charge in [0.2, 0.25) is 0 Å². The first kappa shape index (κ1) is 14.7. The van der Waals surface area contributed by atoms with Crippen molar-refractivity contribution >= 4 is 17.7 Å². The molecule has 21 heavy (non-hydrogen) atoms. The highest BCUT2D eigenvalue weighted by Gasteiger charge is 2.30. The minimum absolute atomic E-state index is 0.135. The number of aliphatic carboxylic acids is 1. The molecule has 5 heteroatoms. The minimum Gasteiger partial charge on any atom is -0.488 e. The van der Waals surface area contributed by atoms with E-state index in [1.165, 1.54) is 11.1 Å². The summed E-state index contributed by atoms with van der Waals surface area (Å²) in [5.74, 6) is 2.27. The van der Waals surface area contributed by atoms with E-state index in [0.29, 0.717) is 0 Å². The van der Waals surface area contributed by atoms with E-state index in [9.17, 15) is 4.79 Å². The molecule has 0 radical (unpaired) electrons. The molecule has 1 N–H and O–H groups in total. The number of hydrogen-bond acceptors (Lipinski definition) is 4. The summed E-state index contributed by atoms with van der Waals surface area (Å²) in [6, 6.07) is 6.45. The van der Waals surface area contributed by atoms with E-state index in [2.05, 4.69) is 24.0 Å². The zero-order chi connectivity index (χ0) is 14.8. The van der Waals surface area contributed by atoms with Crippen LogP contribution in [0, 0.1) is 6.92 Å². The Bertz CT molecular complexity index is 534. The zero-order valence-corrected chi connectivity index (χ0v) is 13.1. The van der Waals surface area contributed by atoms with Crippen molar-refractivity contribution in [1.29, 1.82) is 0 Å². The first-order valence-corrected chi connectivity index (χ1v) is 8.57. The molecule has 0 spiro atoms. The van der Waals surface area contributed by atoms with E-state index in [4.69, 9.17) is 9.84 Å². The van der Waals surface area contributed by atoms with Crippen LogP contribution in [-0.2, 0) is 11.2 Å². The van der Waals surface area contributed by atoms with Crippen LogP contribution in [0.2, 0.25) is 0 Å². The molecule has 2 unspecified atom stereocenters. The molecule has 0 bridgehead atoms. The van der Waals surface area contributed by atoms with Gasteiger partial charge in [0.05, 0.1) is 6.42 Å². The number of thioether (sulfide) groups is 1. The Morgan fingerprint density at radius 2 is 2.38 bits per heavy atom. The van der Waals surface area contributed by atoms with Gasteiger partial charge in [0, 0.05) is 37.1 Å². The largest absolute Gasteiger partial charge is 0.488 e. The Kier molecular flexibility index (Phi) is 4.40. The molecule has 0 aliphatic carbocycles. The van der Waals surface area contributed by atoms with Crippen molar-refractivity contribution in [1.82, 2.24) is 4.90 Å². The third kappa shape index (κ3) is 3.52. The summed E-state index contributed by atoms with van der Waals surface area (Å²) in [6.45, 7) is 3.88. The second-order valence-corrected chi connectivity index (χ2v) is 7.03. The normalized spacial score (nSPS) is 25.4. The number of benzene rings is 1. The fraction of sp³-hybridized carbons (Fsp3) is 0.562. The Morgan fingerprint density at radius 3 is 3.19 bits per heavy atom. The Morgan fingerprint density at radius 1 is 1.52 bits per heavy atom. The average Bonchev–Trinajstić information content (AvgIpc) is 2.82. The van der Waals surface area contributed by atoms with Gasteiger partial charge in [0.25, 0.3) is 0 Å². The third-order valence-corrected chi connectivity index (χ3v) is 5.25. The SMILES string of the molecule is Cc1ccc2c(c1)CC(CN1CCSCC1CC(=O)O)O2. The average molecular weight is 307 g/mol. The fourth-order valence-electron chi connectivity index (χ4n) is 3.13. The lowest BCUT2D eigenvalue weighted by Crippen LogP contribution is -2.47. The van der Waals surface area contributed by atoms with Gasteiger partial charge >= 0.3 is 5.97 Å². The highest BCUT2D eigenvalue weighted by atomic mass is 32.2. The maximum atomic E-state index is 11.0. The number of hydrogen-bond donors (Lipinski definition) is 1. The van der Waals surface area contributed by atoms with Gasteiger partial charge in [-0.15, -0.1) is 0 Å². The molecular weight excluding hydrogens is 286 g/mol. The maximum absolute atomic E-state index is 11.0. The topological polar surface area (TPSA) is 49.8 Å². The molecule has 3 rings (SSSR count). The lowest BCUT2D eigenvalue weighted by molar-refractivity contribution is -0.138. The van der Waals surface area contributed by atoms with Crippen molar-refractivity contribution in [3.05, 3.63) is 29.3 Å². The summed E-state index contributed by atoms with van der Waals surface area (Å²) >= 11 is 1.85. The number of carboxylic acids is 1. The highest BCUT2D eigenvalue weighted by Crippen LogP contribution is 2.30. The maximum Gasteiger partial charge on any atom is 0.304 e. The molecule has 1 aromatic rings. The molecular formula is C16H21NO3S. The molecule has 1 saturated heterocycles. The summed E-state index contributed by atoms with van der Waals surface area (Å²) in [7, 11) is 0. The lowest BCUT2D eigenvalue weighted by Gasteiger charge is -2.35. The molecule has 0 aromatic heterocycles. The van der Waals surface area contributed by atoms with Gasteiger partial charge < -0.3 is 9.84 Å². The van der Waals surface area contributed by atoms with Crippen molar-refractivity contribution < 1.29 is 14.6 Å². The van der Waals surface area contributed by atoms with Gasteiger partial charge in [-0.3, -0.25) is 9.69 Å². The molecule has 2 aliphatic heterocycles. The van der Waals surface area contributed by atoms with E-state index in [0.717, 1.165) is 36.8 Å². The van der Waals surface area contributed by atoms with Gasteiger partial charge in [-0.25, -0.2) is 0 Å². The van der Waals surface area contributed by atoms with Crippen LogP contribution in [0.1, 0.15) is 17.5 Å². The Labute approximate surface area is 129 Å². The molecule has 1 aromatic carbocycles. The standard InChI is InChI=1S/C16H21NO3S/c1-11-2-3-15-12(6-11)7-14(20-15)9-17-4-5-21-10-13(17)8-16(18)19/h2-3,6,13-14H,4-5,7-10H2,1H3,(H,18,19). The molecule has 0 saturated carbocycles. The quantitative estimate of drug-likeness (QED) is 0.924. The number of rotatable bonds is 4. The van der Waals surface area contributed by atoms with E-state index < -0.39 is 5.97 Å². The van der Waals surface area contributed by atoms with E-state index in [1.54, 1.807) is 0 Å². The second kappa shape index (κ2) is 6.28. The van der Waals surface area contributed by atoms with Crippen molar-refractivity contribution in [2.45, 2.75) is 31.9 Å². The van der Waals surface area contributed by atoms with Crippen LogP contribution in [0.25, 0.3) is 0 Å². The van der Waals surface area contributed by atoms with Crippen molar-refractivity contribution in [3.63, 3.8) is 0 Å². The van der Waals surface area contributed by atoms with Crippen molar-refractivity contribution in [3.8, 4) is 5.75 Å². The van der Waals surface area contributed by atoms with Gasteiger partial charge in [-0.2, -0.15) is 11.8 Å². The van der Waals surface area contributed by atoms with Crippen LogP contribution >= 0.6 is 11.8 Å². The predicted molar refractivity (Wildman–Crippen MR) is 84.2 cm³/mol. The van der Waals surface area contributed by atoms with Gasteiger partial charge in [-0.05, 0) is 18.6 Å². The summed E-state index contributed by atoms with van der Waals surface area (Å²) in [6.07, 6.45) is 1.31. The monoisotopic (exact) mass is 307 g/mol. The lowest BCUT2D eigenvalue weighted by atomic mass is 10.1. The van der Waals surface area contributed by atoms with E-state index >= 15 is 0 Å². The van der Waals surface area contributed by atoms with Crippen LogP contribution in [0.5, 0.6) is 5.75 Å². The molecule has 2 heterocycles. The molecule has 0 amide bonds. The van der Waals surface area contributed by atoms with Crippen LogP contribution < -0.4 is 4.74 Å². The molecule has 2 aliphatic rings. The third-order valence-electron chi connectivity index (χ3n) is 4.16. The van der Waals surface area contributed by atoms with E-state index in [-0.39, 0.29) is 18.6 Å².